The van der Waals surface area contributed by atoms with Crippen LogP contribution in [-0.2, 0) is 0 Å². The van der Waals surface area contributed by atoms with Crippen LogP contribution in [0.2, 0.25) is 0 Å². The minimum Gasteiger partial charge on any atom is -0.298 e. The molecule has 38 heavy (non-hydrogen) atoms. The third-order valence-electron chi connectivity index (χ3n) is 9.06. The van der Waals surface area contributed by atoms with Gasteiger partial charge in [-0.25, -0.2) is 0 Å². The van der Waals surface area contributed by atoms with E-state index in [1.54, 1.807) is 0 Å². The van der Waals surface area contributed by atoms with Crippen LogP contribution in [0.25, 0.3) is 0 Å². The van der Waals surface area contributed by atoms with Gasteiger partial charge in [-0.3, -0.25) is 4.90 Å². The highest BCUT2D eigenvalue weighted by atomic mass is 15.2. The topological polar surface area (TPSA) is 3.24 Å². The summed E-state index contributed by atoms with van der Waals surface area (Å²) in [6.07, 6.45) is 41.8. The van der Waals surface area contributed by atoms with Crippen molar-refractivity contribution in [3.63, 3.8) is 0 Å². The molecule has 0 atom stereocenters. The summed E-state index contributed by atoms with van der Waals surface area (Å²) < 4.78 is 0. The van der Waals surface area contributed by atoms with Gasteiger partial charge in [0.05, 0.1) is 0 Å². The van der Waals surface area contributed by atoms with Crippen LogP contribution < -0.4 is 0 Å². The standard InChI is InChI=1S/C37H77N/c1-6-9-12-15-17-19-21-23-25-27-29-32-35-38(37(4,5)34-31-14-11-8-3)36-33-30-28-26-24-22-20-18-16-13-10-7-2/h6-36H2,1-5H3. The Kier molecular flexibility index (Phi) is 29.9. The number of hydrogen-bond acceptors (Lipinski definition) is 1. The van der Waals surface area contributed by atoms with E-state index in [0.29, 0.717) is 5.54 Å². The highest BCUT2D eigenvalue weighted by Gasteiger charge is 2.25. The summed E-state index contributed by atoms with van der Waals surface area (Å²) in [6, 6.07) is 0. The fourth-order valence-electron chi connectivity index (χ4n) is 6.15. The van der Waals surface area contributed by atoms with E-state index in [1.807, 2.05) is 0 Å². The Balaban J connectivity index is 4.04. The largest absolute Gasteiger partial charge is 0.298 e. The van der Waals surface area contributed by atoms with E-state index in [9.17, 15) is 0 Å². The van der Waals surface area contributed by atoms with Gasteiger partial charge in [0.15, 0.2) is 0 Å². The molecule has 0 unspecified atom stereocenters. The Morgan fingerprint density at radius 2 is 0.553 bits per heavy atom. The van der Waals surface area contributed by atoms with Gasteiger partial charge in [0.1, 0.15) is 0 Å². The van der Waals surface area contributed by atoms with Gasteiger partial charge < -0.3 is 0 Å². The minimum atomic E-state index is 0.378. The maximum atomic E-state index is 2.89. The van der Waals surface area contributed by atoms with E-state index in [4.69, 9.17) is 0 Å². The lowest BCUT2D eigenvalue weighted by molar-refractivity contribution is 0.102. The van der Waals surface area contributed by atoms with Crippen molar-refractivity contribution in [1.29, 1.82) is 0 Å². The summed E-state index contributed by atoms with van der Waals surface area (Å²) in [5.41, 5.74) is 0.378. The molecular formula is C37H77N. The Bertz CT molecular complexity index is 400. The molecule has 0 saturated heterocycles. The van der Waals surface area contributed by atoms with Crippen LogP contribution >= 0.6 is 0 Å². The van der Waals surface area contributed by atoms with Crippen molar-refractivity contribution in [3.8, 4) is 0 Å². The molecule has 0 aromatic heterocycles. The molecule has 1 heteroatoms. The second kappa shape index (κ2) is 29.9. The maximum Gasteiger partial charge on any atom is 0.0153 e. The smallest absolute Gasteiger partial charge is 0.0153 e. The van der Waals surface area contributed by atoms with E-state index in [-0.39, 0.29) is 0 Å². The number of nitrogens with zero attached hydrogens (tertiary/aromatic N) is 1. The summed E-state index contributed by atoms with van der Waals surface area (Å²) in [4.78, 5) is 2.89. The first-order chi connectivity index (χ1) is 18.6. The van der Waals surface area contributed by atoms with Gasteiger partial charge in [-0.15, -0.1) is 0 Å². The third kappa shape index (κ3) is 26.2. The first-order valence-electron chi connectivity index (χ1n) is 18.3. The lowest BCUT2D eigenvalue weighted by atomic mass is 9.93. The molecular weight excluding hydrogens is 458 g/mol. The summed E-state index contributed by atoms with van der Waals surface area (Å²) in [7, 11) is 0. The number of rotatable bonds is 32. The molecule has 0 aliphatic rings. The second-order valence-electron chi connectivity index (χ2n) is 13.4. The third-order valence-corrected chi connectivity index (χ3v) is 9.06. The molecule has 0 aromatic carbocycles. The van der Waals surface area contributed by atoms with Crippen LogP contribution in [0.4, 0.5) is 0 Å². The molecule has 0 heterocycles. The SMILES string of the molecule is CCCCCCCCCCCCCCN(CCCCCCCCCCCCCC)C(C)(C)CCCCCC. The van der Waals surface area contributed by atoms with Gasteiger partial charge in [0.25, 0.3) is 0 Å². The Morgan fingerprint density at radius 3 is 0.842 bits per heavy atom. The number of unbranched alkanes of at least 4 members (excludes halogenated alkanes) is 25. The zero-order valence-corrected chi connectivity index (χ0v) is 27.9. The molecule has 0 N–H and O–H groups in total. The van der Waals surface area contributed by atoms with E-state index in [2.05, 4.69) is 39.5 Å². The van der Waals surface area contributed by atoms with Crippen molar-refractivity contribution >= 4 is 0 Å². The highest BCUT2D eigenvalue weighted by molar-refractivity contribution is 4.81. The van der Waals surface area contributed by atoms with E-state index in [0.717, 1.165) is 0 Å². The van der Waals surface area contributed by atoms with Crippen molar-refractivity contribution in [2.24, 2.45) is 0 Å². The van der Waals surface area contributed by atoms with Gasteiger partial charge in [-0.1, -0.05) is 188 Å². The van der Waals surface area contributed by atoms with E-state index >= 15 is 0 Å². The Hall–Kier alpha value is -0.0400. The molecule has 0 spiro atoms. The van der Waals surface area contributed by atoms with E-state index in [1.165, 1.54) is 199 Å². The average molecular weight is 536 g/mol. The summed E-state index contributed by atoms with van der Waals surface area (Å²) in [6.45, 7) is 14.7. The van der Waals surface area contributed by atoms with Crippen LogP contribution in [0.1, 0.15) is 221 Å². The zero-order chi connectivity index (χ0) is 28.0. The lowest BCUT2D eigenvalue weighted by Crippen LogP contribution is -2.45. The van der Waals surface area contributed by atoms with Crippen molar-refractivity contribution in [1.82, 2.24) is 4.90 Å². The predicted molar refractivity (Wildman–Crippen MR) is 177 cm³/mol. The van der Waals surface area contributed by atoms with Crippen LogP contribution in [0.3, 0.4) is 0 Å². The molecule has 0 rings (SSSR count). The van der Waals surface area contributed by atoms with Crippen LogP contribution in [0.15, 0.2) is 0 Å². The first kappa shape index (κ1) is 38.0. The van der Waals surface area contributed by atoms with Crippen LogP contribution in [0, 0.1) is 0 Å². The summed E-state index contributed by atoms with van der Waals surface area (Å²) >= 11 is 0. The fraction of sp³-hybridized carbons (Fsp3) is 1.00. The second-order valence-corrected chi connectivity index (χ2v) is 13.4. The predicted octanol–water partition coefficient (Wildman–Crippen LogP) is 13.4. The molecule has 0 bridgehead atoms. The summed E-state index contributed by atoms with van der Waals surface area (Å²) in [5.74, 6) is 0. The van der Waals surface area contributed by atoms with Crippen molar-refractivity contribution in [2.75, 3.05) is 13.1 Å². The van der Waals surface area contributed by atoms with Crippen molar-refractivity contribution in [3.05, 3.63) is 0 Å². The summed E-state index contributed by atoms with van der Waals surface area (Å²) in [5, 5.41) is 0. The maximum absolute atomic E-state index is 2.89. The molecule has 1 nitrogen and oxygen atoms in total. The average Bonchev–Trinajstić information content (AvgIpc) is 2.91. The van der Waals surface area contributed by atoms with E-state index < -0.39 is 0 Å². The van der Waals surface area contributed by atoms with Crippen LogP contribution in [0.5, 0.6) is 0 Å². The first-order valence-corrected chi connectivity index (χ1v) is 18.3. The minimum absolute atomic E-state index is 0.378. The van der Waals surface area contributed by atoms with Gasteiger partial charge in [-0.2, -0.15) is 0 Å². The fourth-order valence-corrected chi connectivity index (χ4v) is 6.15. The van der Waals surface area contributed by atoms with Gasteiger partial charge in [-0.05, 0) is 46.2 Å². The quantitative estimate of drug-likeness (QED) is 0.0774. The molecule has 0 amide bonds. The monoisotopic (exact) mass is 536 g/mol. The van der Waals surface area contributed by atoms with Gasteiger partial charge in [0.2, 0.25) is 0 Å². The molecule has 0 radical (unpaired) electrons. The molecule has 0 fully saturated rings. The normalized spacial score (nSPS) is 12.2. The van der Waals surface area contributed by atoms with Gasteiger partial charge >= 0.3 is 0 Å². The molecule has 0 aliphatic carbocycles. The Labute approximate surface area is 244 Å². The zero-order valence-electron chi connectivity index (χ0n) is 27.9. The lowest BCUT2D eigenvalue weighted by Gasteiger charge is -2.39. The van der Waals surface area contributed by atoms with Crippen LogP contribution in [-0.4, -0.2) is 23.5 Å². The molecule has 230 valence electrons. The van der Waals surface area contributed by atoms with Crippen molar-refractivity contribution in [2.45, 2.75) is 226 Å². The molecule has 0 aliphatic heterocycles. The Morgan fingerprint density at radius 1 is 0.316 bits per heavy atom. The molecule has 0 aromatic rings. The van der Waals surface area contributed by atoms with Gasteiger partial charge in [0, 0.05) is 5.54 Å². The van der Waals surface area contributed by atoms with Crippen molar-refractivity contribution < 1.29 is 0 Å². The highest BCUT2D eigenvalue weighted by Crippen LogP contribution is 2.24. The number of hydrogen-bond donors (Lipinski definition) is 0. The molecule has 0 saturated carbocycles.